The number of methoxy groups -OCH3 is 2. The lowest BCUT2D eigenvalue weighted by atomic mass is 9.96. The lowest BCUT2D eigenvalue weighted by Gasteiger charge is -2.32. The van der Waals surface area contributed by atoms with Crippen molar-refractivity contribution >= 4 is 10.0 Å². The number of piperidine rings is 1. The Balaban J connectivity index is 1.53. The highest BCUT2D eigenvalue weighted by molar-refractivity contribution is 7.89. The zero-order valence-electron chi connectivity index (χ0n) is 18.0. The molecule has 1 aromatic heterocycles. The van der Waals surface area contributed by atoms with Gasteiger partial charge in [0.05, 0.1) is 14.2 Å². The molecule has 1 aliphatic carbocycles. The molecule has 2 fully saturated rings. The van der Waals surface area contributed by atoms with E-state index >= 15 is 0 Å². The van der Waals surface area contributed by atoms with Crippen LogP contribution in [0.25, 0.3) is 0 Å². The number of aromatic nitrogens is 2. The largest absolute Gasteiger partial charge is 0.497 e. The number of imidazole rings is 1. The van der Waals surface area contributed by atoms with Crippen LogP contribution in [0.1, 0.15) is 37.2 Å². The van der Waals surface area contributed by atoms with E-state index in [0.29, 0.717) is 24.6 Å². The van der Waals surface area contributed by atoms with Gasteiger partial charge in [0.25, 0.3) is 0 Å². The Morgan fingerprint density at radius 2 is 1.93 bits per heavy atom. The minimum atomic E-state index is -3.68. The molecule has 0 bridgehead atoms. The first-order valence-corrected chi connectivity index (χ1v) is 12.1. The van der Waals surface area contributed by atoms with Crippen molar-refractivity contribution in [3.8, 4) is 11.5 Å². The molecule has 7 nitrogen and oxygen atoms in total. The highest BCUT2D eigenvalue weighted by Gasteiger charge is 2.33. The second kappa shape index (κ2) is 8.59. The van der Waals surface area contributed by atoms with E-state index in [0.717, 1.165) is 37.5 Å². The zero-order valence-corrected chi connectivity index (χ0v) is 18.8. The van der Waals surface area contributed by atoms with Gasteiger partial charge in [-0.25, -0.2) is 13.4 Å². The molecule has 2 aromatic rings. The molecule has 30 heavy (non-hydrogen) atoms. The first-order chi connectivity index (χ1) is 14.4. The molecule has 1 unspecified atom stereocenters. The van der Waals surface area contributed by atoms with Crippen LogP contribution in [0.4, 0.5) is 0 Å². The first kappa shape index (κ1) is 21.2. The van der Waals surface area contributed by atoms with Gasteiger partial charge in [-0.1, -0.05) is 0 Å². The van der Waals surface area contributed by atoms with Gasteiger partial charge in [-0.2, -0.15) is 4.31 Å². The average molecular weight is 434 g/mol. The average Bonchev–Trinajstić information content (AvgIpc) is 3.52. The number of nitrogens with zero attached hydrogens (tertiary/aromatic N) is 3. The van der Waals surface area contributed by atoms with E-state index in [9.17, 15) is 8.42 Å². The topological polar surface area (TPSA) is 73.7 Å². The van der Waals surface area contributed by atoms with E-state index in [1.54, 1.807) is 22.5 Å². The van der Waals surface area contributed by atoms with Crippen LogP contribution in [0.5, 0.6) is 11.5 Å². The number of benzene rings is 1. The predicted molar refractivity (Wildman–Crippen MR) is 114 cm³/mol. The Labute approximate surface area is 179 Å². The van der Waals surface area contributed by atoms with Gasteiger partial charge >= 0.3 is 0 Å². The van der Waals surface area contributed by atoms with Crippen LogP contribution in [0, 0.1) is 18.8 Å². The summed E-state index contributed by atoms with van der Waals surface area (Å²) in [5.41, 5.74) is 1.19. The number of hydrogen-bond acceptors (Lipinski definition) is 5. The summed E-state index contributed by atoms with van der Waals surface area (Å²) in [6, 6.07) is 4.90. The molecule has 0 spiro atoms. The van der Waals surface area contributed by atoms with Crippen molar-refractivity contribution in [3.05, 3.63) is 35.9 Å². The Morgan fingerprint density at radius 1 is 1.13 bits per heavy atom. The van der Waals surface area contributed by atoms with Crippen molar-refractivity contribution in [2.24, 2.45) is 11.8 Å². The maximum absolute atomic E-state index is 13.4. The number of sulfonamides is 1. The summed E-state index contributed by atoms with van der Waals surface area (Å²) in [7, 11) is -0.659. The monoisotopic (exact) mass is 433 g/mol. The van der Waals surface area contributed by atoms with Crippen molar-refractivity contribution in [1.82, 2.24) is 13.9 Å². The van der Waals surface area contributed by atoms with Gasteiger partial charge in [-0.3, -0.25) is 0 Å². The van der Waals surface area contributed by atoms with Crippen molar-refractivity contribution in [2.75, 3.05) is 27.3 Å². The Hall–Kier alpha value is -2.06. The second-order valence-corrected chi connectivity index (χ2v) is 10.4. The molecule has 0 radical (unpaired) electrons. The molecule has 8 heteroatoms. The van der Waals surface area contributed by atoms with Crippen LogP contribution in [0.2, 0.25) is 0 Å². The summed E-state index contributed by atoms with van der Waals surface area (Å²) >= 11 is 0. The first-order valence-electron chi connectivity index (χ1n) is 10.7. The van der Waals surface area contributed by atoms with E-state index in [4.69, 9.17) is 9.47 Å². The molecule has 164 valence electrons. The molecule has 1 saturated heterocycles. The van der Waals surface area contributed by atoms with Crippen molar-refractivity contribution in [1.29, 1.82) is 0 Å². The van der Waals surface area contributed by atoms with Gasteiger partial charge in [-0.05, 0) is 56.6 Å². The predicted octanol–water partition coefficient (Wildman–Crippen LogP) is 3.26. The zero-order chi connectivity index (χ0) is 21.3. The normalized spacial score (nSPS) is 20.3. The molecule has 1 atom stereocenters. The maximum Gasteiger partial charge on any atom is 0.246 e. The van der Waals surface area contributed by atoms with Crippen molar-refractivity contribution in [3.63, 3.8) is 0 Å². The van der Waals surface area contributed by atoms with Crippen LogP contribution in [-0.4, -0.2) is 49.6 Å². The lowest BCUT2D eigenvalue weighted by Crippen LogP contribution is -2.40. The molecule has 0 N–H and O–H groups in total. The minimum Gasteiger partial charge on any atom is -0.497 e. The van der Waals surface area contributed by atoms with Gasteiger partial charge < -0.3 is 14.0 Å². The third kappa shape index (κ3) is 4.34. The Bertz CT molecular complexity index is 998. The highest BCUT2D eigenvalue weighted by atomic mass is 32.2. The van der Waals surface area contributed by atoms with E-state index in [-0.39, 0.29) is 10.8 Å². The molecule has 1 aliphatic heterocycles. The van der Waals surface area contributed by atoms with E-state index in [1.807, 2.05) is 6.20 Å². The van der Waals surface area contributed by atoms with E-state index < -0.39 is 10.0 Å². The number of hydrogen-bond donors (Lipinski definition) is 0. The third-order valence-electron chi connectivity index (χ3n) is 6.22. The van der Waals surface area contributed by atoms with Crippen molar-refractivity contribution < 1.29 is 17.9 Å². The molecule has 2 aliphatic rings. The Kier molecular flexibility index (Phi) is 6.06. The standard InChI is InChI=1S/C22H31N3O4S/c1-16-13-23-22(25(16)15-17-6-7-17)11-18-5-4-10-24(14-18)30(26,27)21-12-19(28-2)8-9-20(21)29-3/h8-9,12-13,17-18H,4-7,10-11,14-15H2,1-3H3. The van der Waals surface area contributed by atoms with Gasteiger partial charge in [0.2, 0.25) is 10.0 Å². The minimum absolute atomic E-state index is 0.163. The molecular formula is C22H31N3O4S. The van der Waals surface area contributed by atoms with Gasteiger partial charge in [0, 0.05) is 44.0 Å². The summed E-state index contributed by atoms with van der Waals surface area (Å²) in [6.07, 6.45) is 7.21. The molecular weight excluding hydrogens is 402 g/mol. The van der Waals surface area contributed by atoms with Crippen molar-refractivity contribution in [2.45, 2.75) is 50.5 Å². The van der Waals surface area contributed by atoms with Gasteiger partial charge in [0.1, 0.15) is 22.2 Å². The summed E-state index contributed by atoms with van der Waals surface area (Å²) in [5, 5.41) is 0. The molecule has 2 heterocycles. The number of rotatable bonds is 8. The van der Waals surface area contributed by atoms with E-state index in [2.05, 4.69) is 16.5 Å². The second-order valence-electron chi connectivity index (χ2n) is 8.46. The number of ether oxygens (including phenoxy) is 2. The summed E-state index contributed by atoms with van der Waals surface area (Å²) in [6.45, 7) is 4.16. The van der Waals surface area contributed by atoms with Gasteiger partial charge in [-0.15, -0.1) is 0 Å². The van der Waals surface area contributed by atoms with Gasteiger partial charge in [0.15, 0.2) is 0 Å². The fraction of sp³-hybridized carbons (Fsp3) is 0.591. The molecule has 1 saturated carbocycles. The summed E-state index contributed by atoms with van der Waals surface area (Å²) in [5.74, 6) is 2.96. The smallest absolute Gasteiger partial charge is 0.246 e. The Morgan fingerprint density at radius 3 is 2.63 bits per heavy atom. The van der Waals surface area contributed by atoms with Crippen LogP contribution in [-0.2, 0) is 23.0 Å². The third-order valence-corrected chi connectivity index (χ3v) is 8.10. The number of aryl methyl sites for hydroxylation is 1. The summed E-state index contributed by atoms with van der Waals surface area (Å²) < 4.78 is 41.4. The fourth-order valence-electron chi connectivity index (χ4n) is 4.28. The summed E-state index contributed by atoms with van der Waals surface area (Å²) in [4.78, 5) is 4.81. The SMILES string of the molecule is COc1ccc(OC)c(S(=O)(=O)N2CCCC(Cc3ncc(C)n3CC3CC3)C2)c1. The van der Waals surface area contributed by atoms with Crippen LogP contribution in [0.15, 0.2) is 29.3 Å². The van der Waals surface area contributed by atoms with Crippen LogP contribution in [0.3, 0.4) is 0 Å². The van der Waals surface area contributed by atoms with E-state index in [1.165, 1.54) is 32.8 Å². The fourth-order valence-corrected chi connectivity index (χ4v) is 6.00. The molecule has 0 amide bonds. The maximum atomic E-state index is 13.4. The highest BCUT2D eigenvalue weighted by Crippen LogP contribution is 2.34. The lowest BCUT2D eigenvalue weighted by molar-refractivity contribution is 0.260. The van der Waals surface area contributed by atoms with Crippen LogP contribution < -0.4 is 9.47 Å². The molecule has 1 aromatic carbocycles. The quantitative estimate of drug-likeness (QED) is 0.639. The van der Waals surface area contributed by atoms with Crippen LogP contribution >= 0.6 is 0 Å². The molecule has 4 rings (SSSR count).